The van der Waals surface area contributed by atoms with Gasteiger partial charge in [0.05, 0.1) is 6.26 Å². The van der Waals surface area contributed by atoms with Crippen LogP contribution in [0.4, 0.5) is 5.69 Å². The molecule has 0 saturated heterocycles. The normalized spacial score (nSPS) is 11.9. The molecule has 4 nitrogen and oxygen atoms in total. The maximum absolute atomic E-state index is 11.2. The number of furan rings is 1. The van der Waals surface area contributed by atoms with E-state index in [9.17, 15) is 4.79 Å². The summed E-state index contributed by atoms with van der Waals surface area (Å²) in [6.45, 7) is 4.24. The summed E-state index contributed by atoms with van der Waals surface area (Å²) >= 11 is 0. The Labute approximate surface area is 147 Å². The summed E-state index contributed by atoms with van der Waals surface area (Å²) < 4.78 is 5.04. The minimum absolute atomic E-state index is 0.0325. The van der Waals surface area contributed by atoms with Gasteiger partial charge < -0.3 is 14.8 Å². The fourth-order valence-electron chi connectivity index (χ4n) is 2.82. The van der Waals surface area contributed by atoms with E-state index in [1.165, 1.54) is 11.8 Å². The molecule has 3 aromatic rings. The van der Waals surface area contributed by atoms with Crippen LogP contribution in [0.5, 0.6) is 0 Å². The zero-order valence-electron chi connectivity index (χ0n) is 14.3. The number of aromatic carboxylic acids is 1. The van der Waals surface area contributed by atoms with Gasteiger partial charge in [-0.25, -0.2) is 4.79 Å². The van der Waals surface area contributed by atoms with Crippen molar-refractivity contribution in [3.8, 4) is 11.1 Å². The number of hydrogen-bond acceptors (Lipinski definition) is 3. The second-order valence-electron chi connectivity index (χ2n) is 6.01. The quantitative estimate of drug-likeness (QED) is 0.635. The molecule has 0 bridgehead atoms. The molecule has 3 rings (SSSR count). The van der Waals surface area contributed by atoms with Crippen LogP contribution in [-0.4, -0.2) is 11.1 Å². The van der Waals surface area contributed by atoms with Crippen molar-refractivity contribution < 1.29 is 14.3 Å². The van der Waals surface area contributed by atoms with Crippen molar-refractivity contribution in [2.45, 2.75) is 26.3 Å². The van der Waals surface area contributed by atoms with Crippen LogP contribution in [0.2, 0.25) is 0 Å². The number of aryl methyl sites for hydroxylation is 1. The van der Waals surface area contributed by atoms with Crippen molar-refractivity contribution in [3.63, 3.8) is 0 Å². The number of carbonyl (C=O) groups is 1. The highest BCUT2D eigenvalue weighted by Gasteiger charge is 2.15. The molecule has 2 aromatic carbocycles. The van der Waals surface area contributed by atoms with Gasteiger partial charge in [0, 0.05) is 17.3 Å². The fraction of sp³-hybridized carbons (Fsp3) is 0.190. The molecule has 1 unspecified atom stereocenters. The number of anilines is 1. The highest BCUT2D eigenvalue weighted by Crippen LogP contribution is 2.27. The average molecular weight is 335 g/mol. The molecule has 1 atom stereocenters. The number of benzene rings is 2. The van der Waals surface area contributed by atoms with Crippen molar-refractivity contribution >= 4 is 11.7 Å². The van der Waals surface area contributed by atoms with Crippen LogP contribution in [0, 0.1) is 0 Å². The minimum atomic E-state index is -1.06. The van der Waals surface area contributed by atoms with Crippen molar-refractivity contribution in [2.75, 3.05) is 5.32 Å². The Bertz CT molecular complexity index is 848. The van der Waals surface area contributed by atoms with Gasteiger partial charge in [-0.1, -0.05) is 43.3 Å². The van der Waals surface area contributed by atoms with E-state index in [1.54, 1.807) is 6.07 Å². The topological polar surface area (TPSA) is 62.5 Å². The van der Waals surface area contributed by atoms with E-state index in [1.807, 2.05) is 24.3 Å². The number of carboxylic acids is 1. The summed E-state index contributed by atoms with van der Waals surface area (Å²) in [6.07, 6.45) is 2.43. The second kappa shape index (κ2) is 7.26. The average Bonchev–Trinajstić information content (AvgIpc) is 3.12. The summed E-state index contributed by atoms with van der Waals surface area (Å²) in [5, 5.41) is 12.6. The Balaban J connectivity index is 1.74. The van der Waals surface area contributed by atoms with E-state index < -0.39 is 5.97 Å². The largest absolute Gasteiger partial charge is 0.475 e. The molecule has 0 saturated carbocycles. The zero-order valence-corrected chi connectivity index (χ0v) is 14.3. The standard InChI is InChI=1S/C21H21NO3/c1-3-15-4-10-18(11-5-15)22-14(2)16-6-8-17(9-7-16)19-12-13-25-20(19)21(23)24/h4-14,22H,3H2,1-2H3,(H,23,24). The third-order valence-electron chi connectivity index (χ3n) is 4.33. The first-order valence-corrected chi connectivity index (χ1v) is 8.35. The lowest BCUT2D eigenvalue weighted by Crippen LogP contribution is -2.06. The second-order valence-corrected chi connectivity index (χ2v) is 6.01. The predicted octanol–water partition coefficient (Wildman–Crippen LogP) is 5.38. The van der Waals surface area contributed by atoms with Crippen LogP contribution < -0.4 is 5.32 Å². The molecule has 25 heavy (non-hydrogen) atoms. The molecule has 0 fully saturated rings. The van der Waals surface area contributed by atoms with Crippen LogP contribution in [0.15, 0.2) is 65.3 Å². The zero-order chi connectivity index (χ0) is 17.8. The smallest absolute Gasteiger partial charge is 0.372 e. The van der Waals surface area contributed by atoms with Gasteiger partial charge in [0.1, 0.15) is 0 Å². The number of rotatable bonds is 6. The first-order chi connectivity index (χ1) is 12.1. The van der Waals surface area contributed by atoms with Crippen LogP contribution in [0.3, 0.4) is 0 Å². The third-order valence-corrected chi connectivity index (χ3v) is 4.33. The van der Waals surface area contributed by atoms with Gasteiger partial charge >= 0.3 is 5.97 Å². The van der Waals surface area contributed by atoms with Crippen molar-refractivity contribution in [1.29, 1.82) is 0 Å². The van der Waals surface area contributed by atoms with Gasteiger partial charge in [0.2, 0.25) is 5.76 Å². The number of carboxylic acid groups (broad SMARTS) is 1. The van der Waals surface area contributed by atoms with Crippen molar-refractivity contribution in [2.24, 2.45) is 0 Å². The number of hydrogen-bond donors (Lipinski definition) is 2. The van der Waals surface area contributed by atoms with E-state index in [-0.39, 0.29) is 11.8 Å². The Morgan fingerprint density at radius 3 is 2.36 bits per heavy atom. The van der Waals surface area contributed by atoms with E-state index >= 15 is 0 Å². The molecular formula is C21H21NO3. The lowest BCUT2D eigenvalue weighted by atomic mass is 10.0. The molecule has 1 aromatic heterocycles. The van der Waals surface area contributed by atoms with Crippen LogP contribution in [-0.2, 0) is 6.42 Å². The Morgan fingerprint density at radius 2 is 1.76 bits per heavy atom. The summed E-state index contributed by atoms with van der Waals surface area (Å²) in [4.78, 5) is 11.2. The third kappa shape index (κ3) is 3.74. The molecule has 0 aliphatic rings. The van der Waals surface area contributed by atoms with Crippen molar-refractivity contribution in [1.82, 2.24) is 0 Å². The van der Waals surface area contributed by atoms with Gasteiger partial charge in [-0.2, -0.15) is 0 Å². The Morgan fingerprint density at radius 1 is 1.08 bits per heavy atom. The highest BCUT2D eigenvalue weighted by atomic mass is 16.4. The van der Waals surface area contributed by atoms with Gasteiger partial charge in [-0.05, 0) is 48.2 Å². The molecule has 0 radical (unpaired) electrons. The molecule has 1 heterocycles. The SMILES string of the molecule is CCc1ccc(NC(C)c2ccc(-c3ccoc3C(=O)O)cc2)cc1. The lowest BCUT2D eigenvalue weighted by molar-refractivity contribution is 0.0663. The predicted molar refractivity (Wildman–Crippen MR) is 99.0 cm³/mol. The van der Waals surface area contributed by atoms with Crippen LogP contribution in [0.1, 0.15) is 41.6 Å². The molecule has 0 aliphatic carbocycles. The Hall–Kier alpha value is -3.01. The van der Waals surface area contributed by atoms with Gasteiger partial charge in [-0.15, -0.1) is 0 Å². The maximum Gasteiger partial charge on any atom is 0.372 e. The highest BCUT2D eigenvalue weighted by molar-refractivity contribution is 5.93. The van der Waals surface area contributed by atoms with E-state index in [0.29, 0.717) is 5.56 Å². The number of nitrogens with one attached hydrogen (secondary N) is 1. The minimum Gasteiger partial charge on any atom is -0.475 e. The summed E-state index contributed by atoms with van der Waals surface area (Å²) in [5.74, 6) is -1.09. The van der Waals surface area contributed by atoms with Crippen LogP contribution in [0.25, 0.3) is 11.1 Å². The molecule has 4 heteroatoms. The van der Waals surface area contributed by atoms with E-state index in [4.69, 9.17) is 9.52 Å². The van der Waals surface area contributed by atoms with Gasteiger partial charge in [-0.3, -0.25) is 0 Å². The molecule has 128 valence electrons. The molecular weight excluding hydrogens is 314 g/mol. The van der Waals surface area contributed by atoms with Gasteiger partial charge in [0.25, 0.3) is 0 Å². The van der Waals surface area contributed by atoms with Gasteiger partial charge in [0.15, 0.2) is 0 Å². The van der Waals surface area contributed by atoms with Crippen LogP contribution >= 0.6 is 0 Å². The molecule has 0 aliphatic heterocycles. The molecule has 0 spiro atoms. The summed E-state index contributed by atoms with van der Waals surface area (Å²) in [6, 6.07) is 18.1. The fourth-order valence-corrected chi connectivity index (χ4v) is 2.82. The Kier molecular flexibility index (Phi) is 4.89. The van der Waals surface area contributed by atoms with E-state index in [2.05, 4.69) is 43.4 Å². The van der Waals surface area contributed by atoms with Crippen molar-refractivity contribution in [3.05, 3.63) is 77.7 Å². The van der Waals surface area contributed by atoms with E-state index in [0.717, 1.165) is 23.2 Å². The monoisotopic (exact) mass is 335 g/mol. The first-order valence-electron chi connectivity index (χ1n) is 8.35. The summed E-state index contributed by atoms with van der Waals surface area (Å²) in [7, 11) is 0. The first kappa shape index (κ1) is 16.8. The molecule has 0 amide bonds. The lowest BCUT2D eigenvalue weighted by Gasteiger charge is -2.16. The summed E-state index contributed by atoms with van der Waals surface area (Å²) in [5.41, 5.74) is 4.95. The maximum atomic E-state index is 11.2. The molecule has 2 N–H and O–H groups in total.